The lowest BCUT2D eigenvalue weighted by molar-refractivity contribution is -0.136. The summed E-state index contributed by atoms with van der Waals surface area (Å²) in [6.07, 6.45) is 0.537. The molecule has 1 N–H and O–H groups in total. The van der Waals surface area contributed by atoms with Gasteiger partial charge in [0.15, 0.2) is 0 Å². The van der Waals surface area contributed by atoms with Crippen molar-refractivity contribution in [2.45, 2.75) is 16.6 Å². The van der Waals surface area contributed by atoms with Crippen LogP contribution in [-0.4, -0.2) is 16.3 Å². The van der Waals surface area contributed by atoms with E-state index in [2.05, 4.69) is 0 Å². The second-order valence-corrected chi connectivity index (χ2v) is 5.22. The molecule has 3 heteroatoms. The molecule has 0 aromatic heterocycles. The van der Waals surface area contributed by atoms with Crippen LogP contribution in [0, 0.1) is 0 Å². The van der Waals surface area contributed by atoms with E-state index >= 15 is 0 Å². The van der Waals surface area contributed by atoms with Crippen molar-refractivity contribution >= 4 is 17.7 Å². The Morgan fingerprint density at radius 2 is 1.56 bits per heavy atom. The largest absolute Gasteiger partial charge is 0.480 e. The Balaban J connectivity index is 2.08. The molecule has 0 heterocycles. The molecule has 18 heavy (non-hydrogen) atoms. The van der Waals surface area contributed by atoms with E-state index in [1.54, 1.807) is 0 Å². The van der Waals surface area contributed by atoms with Crippen LogP contribution >= 0.6 is 11.8 Å². The summed E-state index contributed by atoms with van der Waals surface area (Å²) in [5.41, 5.74) is 1.05. The molecule has 0 saturated carbocycles. The minimum Gasteiger partial charge on any atom is -0.480 e. The smallest absolute Gasteiger partial charge is 0.317 e. The van der Waals surface area contributed by atoms with Gasteiger partial charge in [0.05, 0.1) is 0 Å². The maximum Gasteiger partial charge on any atom is 0.317 e. The zero-order valence-corrected chi connectivity index (χ0v) is 10.6. The summed E-state index contributed by atoms with van der Waals surface area (Å²) in [7, 11) is 0. The fraction of sp³-hybridized carbons (Fsp3) is 0.133. The average Bonchev–Trinajstić information content (AvgIpc) is 2.40. The molecule has 0 radical (unpaired) electrons. The number of hydrogen-bond acceptors (Lipinski definition) is 2. The van der Waals surface area contributed by atoms with Crippen molar-refractivity contribution < 1.29 is 9.90 Å². The van der Waals surface area contributed by atoms with Gasteiger partial charge in [-0.1, -0.05) is 48.5 Å². The Morgan fingerprint density at radius 1 is 1.00 bits per heavy atom. The van der Waals surface area contributed by atoms with Gasteiger partial charge in [-0.25, -0.2) is 0 Å². The van der Waals surface area contributed by atoms with Gasteiger partial charge in [-0.2, -0.15) is 0 Å². The number of thioether (sulfide) groups is 1. The Bertz CT molecular complexity index is 455. The van der Waals surface area contributed by atoms with Gasteiger partial charge in [0.25, 0.3) is 0 Å². The normalized spacial score (nSPS) is 12.0. The standard InChI is InChI=1S/C15H14O2S/c16-15(17)14(11-12-7-3-1-4-8-12)18-13-9-5-2-6-10-13/h1-10,14H,11H2,(H,16,17)/t14-/m0/s1. The van der Waals surface area contributed by atoms with E-state index in [-0.39, 0.29) is 0 Å². The topological polar surface area (TPSA) is 37.3 Å². The van der Waals surface area contributed by atoms with Crippen molar-refractivity contribution in [2.75, 3.05) is 0 Å². The number of carboxylic acid groups (broad SMARTS) is 1. The molecule has 2 nitrogen and oxygen atoms in total. The molecule has 0 aliphatic heterocycles. The summed E-state index contributed by atoms with van der Waals surface area (Å²) in [6.45, 7) is 0. The molecule has 2 aromatic carbocycles. The molecule has 0 aliphatic rings. The molecule has 1 atom stereocenters. The lowest BCUT2D eigenvalue weighted by Gasteiger charge is -2.12. The van der Waals surface area contributed by atoms with Crippen molar-refractivity contribution in [1.29, 1.82) is 0 Å². The van der Waals surface area contributed by atoms with Crippen LogP contribution in [0.5, 0.6) is 0 Å². The van der Waals surface area contributed by atoms with Crippen LogP contribution in [0.15, 0.2) is 65.6 Å². The van der Waals surface area contributed by atoms with Gasteiger partial charge in [0.2, 0.25) is 0 Å². The van der Waals surface area contributed by atoms with Gasteiger partial charge in [-0.3, -0.25) is 4.79 Å². The zero-order valence-electron chi connectivity index (χ0n) is 9.82. The number of rotatable bonds is 5. The zero-order chi connectivity index (χ0) is 12.8. The predicted octanol–water partition coefficient (Wildman–Crippen LogP) is 3.47. The second kappa shape index (κ2) is 6.26. The van der Waals surface area contributed by atoms with Crippen LogP contribution in [0.4, 0.5) is 0 Å². The Morgan fingerprint density at radius 3 is 2.11 bits per heavy atom. The molecule has 2 aromatic rings. The van der Waals surface area contributed by atoms with E-state index in [0.29, 0.717) is 6.42 Å². The molecular weight excluding hydrogens is 244 g/mol. The van der Waals surface area contributed by atoms with Gasteiger partial charge >= 0.3 is 5.97 Å². The van der Waals surface area contributed by atoms with Crippen molar-refractivity contribution in [2.24, 2.45) is 0 Å². The Hall–Kier alpha value is -1.74. The maximum atomic E-state index is 11.3. The molecule has 0 aliphatic carbocycles. The van der Waals surface area contributed by atoms with Crippen molar-refractivity contribution in [3.05, 3.63) is 66.2 Å². The van der Waals surface area contributed by atoms with Crippen LogP contribution in [-0.2, 0) is 11.2 Å². The van der Waals surface area contributed by atoms with E-state index in [9.17, 15) is 9.90 Å². The summed E-state index contributed by atoms with van der Waals surface area (Å²) in [4.78, 5) is 12.3. The fourth-order valence-corrected chi connectivity index (χ4v) is 2.69. The third-order valence-corrected chi connectivity index (χ3v) is 3.76. The number of carboxylic acids is 1. The van der Waals surface area contributed by atoms with Crippen LogP contribution in [0.1, 0.15) is 5.56 Å². The molecule has 0 bridgehead atoms. The molecule has 0 spiro atoms. The molecule has 0 amide bonds. The summed E-state index contributed by atoms with van der Waals surface area (Å²) in [5.74, 6) is -0.771. The molecule has 92 valence electrons. The lowest BCUT2D eigenvalue weighted by Crippen LogP contribution is -2.19. The van der Waals surface area contributed by atoms with Gasteiger partial charge in [0, 0.05) is 4.90 Å². The van der Waals surface area contributed by atoms with Crippen molar-refractivity contribution in [1.82, 2.24) is 0 Å². The van der Waals surface area contributed by atoms with Gasteiger partial charge in [0.1, 0.15) is 5.25 Å². The van der Waals surface area contributed by atoms with E-state index < -0.39 is 11.2 Å². The average molecular weight is 258 g/mol. The number of benzene rings is 2. The second-order valence-electron chi connectivity index (χ2n) is 3.95. The minimum atomic E-state index is -0.771. The Labute approximate surface area is 111 Å². The lowest BCUT2D eigenvalue weighted by atomic mass is 10.1. The molecular formula is C15H14O2S. The number of hydrogen-bond donors (Lipinski definition) is 1. The number of carbonyl (C=O) groups is 1. The fourth-order valence-electron chi connectivity index (χ4n) is 1.67. The predicted molar refractivity (Wildman–Crippen MR) is 73.9 cm³/mol. The van der Waals surface area contributed by atoms with E-state index in [1.165, 1.54) is 11.8 Å². The first kappa shape index (κ1) is 12.7. The summed E-state index contributed by atoms with van der Waals surface area (Å²) < 4.78 is 0. The highest BCUT2D eigenvalue weighted by molar-refractivity contribution is 8.00. The van der Waals surface area contributed by atoms with Crippen LogP contribution in [0.2, 0.25) is 0 Å². The summed E-state index contributed by atoms with van der Waals surface area (Å²) in [5, 5.41) is 8.83. The van der Waals surface area contributed by atoms with Gasteiger partial charge in [-0.05, 0) is 24.1 Å². The third-order valence-electron chi connectivity index (χ3n) is 2.56. The summed E-state index contributed by atoms with van der Waals surface area (Å²) in [6, 6.07) is 19.4. The van der Waals surface area contributed by atoms with Crippen LogP contribution < -0.4 is 0 Å². The number of aliphatic carboxylic acids is 1. The molecule has 2 rings (SSSR count). The highest BCUT2D eigenvalue weighted by atomic mass is 32.2. The SMILES string of the molecule is O=C(O)[C@H](Cc1ccccc1)Sc1ccccc1. The van der Waals surface area contributed by atoms with Gasteiger partial charge in [-0.15, -0.1) is 11.8 Å². The monoisotopic (exact) mass is 258 g/mol. The van der Waals surface area contributed by atoms with Crippen LogP contribution in [0.25, 0.3) is 0 Å². The minimum absolute atomic E-state index is 0.449. The highest BCUT2D eigenvalue weighted by Gasteiger charge is 2.19. The highest BCUT2D eigenvalue weighted by Crippen LogP contribution is 2.25. The van der Waals surface area contributed by atoms with E-state index in [0.717, 1.165) is 10.5 Å². The quantitative estimate of drug-likeness (QED) is 0.834. The Kier molecular flexibility index (Phi) is 4.42. The summed E-state index contributed by atoms with van der Waals surface area (Å²) >= 11 is 1.39. The van der Waals surface area contributed by atoms with Crippen LogP contribution in [0.3, 0.4) is 0 Å². The van der Waals surface area contributed by atoms with E-state index in [1.807, 2.05) is 60.7 Å². The first-order valence-corrected chi connectivity index (χ1v) is 6.62. The van der Waals surface area contributed by atoms with E-state index in [4.69, 9.17) is 0 Å². The molecule has 0 unspecified atom stereocenters. The molecule has 0 saturated heterocycles. The first-order chi connectivity index (χ1) is 8.75. The maximum absolute atomic E-state index is 11.3. The van der Waals surface area contributed by atoms with Gasteiger partial charge < -0.3 is 5.11 Å². The third kappa shape index (κ3) is 3.64. The van der Waals surface area contributed by atoms with Crippen molar-refractivity contribution in [3.8, 4) is 0 Å². The molecule has 0 fully saturated rings. The first-order valence-electron chi connectivity index (χ1n) is 5.74. The van der Waals surface area contributed by atoms with Crippen molar-refractivity contribution in [3.63, 3.8) is 0 Å².